The van der Waals surface area contributed by atoms with Gasteiger partial charge in [0.1, 0.15) is 17.1 Å². The van der Waals surface area contributed by atoms with Crippen molar-refractivity contribution in [1.82, 2.24) is 9.80 Å². The van der Waals surface area contributed by atoms with Gasteiger partial charge >= 0.3 is 5.63 Å². The Hall–Kier alpha value is -3.32. The average molecular weight is 451 g/mol. The van der Waals surface area contributed by atoms with Gasteiger partial charge in [0.05, 0.1) is 7.11 Å². The van der Waals surface area contributed by atoms with E-state index in [9.17, 15) is 14.7 Å². The second kappa shape index (κ2) is 10.1. The van der Waals surface area contributed by atoms with Gasteiger partial charge in [-0.05, 0) is 55.2 Å². The van der Waals surface area contributed by atoms with Gasteiger partial charge in [0.2, 0.25) is 5.91 Å². The molecule has 1 amide bonds. The first kappa shape index (κ1) is 22.9. The van der Waals surface area contributed by atoms with Gasteiger partial charge in [-0.3, -0.25) is 9.69 Å². The van der Waals surface area contributed by atoms with Crippen LogP contribution < -0.4 is 10.4 Å². The van der Waals surface area contributed by atoms with Crippen LogP contribution in [0.2, 0.25) is 0 Å². The van der Waals surface area contributed by atoms with Crippen molar-refractivity contribution in [3.05, 3.63) is 69.6 Å². The van der Waals surface area contributed by atoms with Crippen LogP contribution in [-0.2, 0) is 17.8 Å². The number of aromatic hydroxyl groups is 1. The molecular formula is C26H30N2O5. The highest BCUT2D eigenvalue weighted by atomic mass is 16.5. The third kappa shape index (κ3) is 5.37. The Bertz CT molecular complexity index is 1190. The first-order chi connectivity index (χ1) is 15.9. The smallest absolute Gasteiger partial charge is 0.336 e. The molecule has 1 aromatic heterocycles. The lowest BCUT2D eigenvalue weighted by Gasteiger charge is -2.22. The van der Waals surface area contributed by atoms with Crippen molar-refractivity contribution in [2.75, 3.05) is 33.3 Å². The Balaban J connectivity index is 1.38. The zero-order valence-electron chi connectivity index (χ0n) is 19.2. The van der Waals surface area contributed by atoms with E-state index in [1.807, 2.05) is 29.2 Å². The summed E-state index contributed by atoms with van der Waals surface area (Å²) in [6.07, 6.45) is 2.08. The summed E-state index contributed by atoms with van der Waals surface area (Å²) < 4.78 is 10.5. The number of carbonyl (C=O) groups excluding carboxylic acids is 1. The van der Waals surface area contributed by atoms with Crippen LogP contribution in [0.1, 0.15) is 29.5 Å². The van der Waals surface area contributed by atoms with E-state index >= 15 is 0 Å². The van der Waals surface area contributed by atoms with Crippen molar-refractivity contribution < 1.29 is 19.1 Å². The molecule has 0 saturated carbocycles. The van der Waals surface area contributed by atoms with Crippen molar-refractivity contribution in [2.45, 2.75) is 32.7 Å². The number of carbonyl (C=O) groups is 1. The van der Waals surface area contributed by atoms with Crippen LogP contribution in [0.5, 0.6) is 11.5 Å². The van der Waals surface area contributed by atoms with Crippen molar-refractivity contribution in [2.24, 2.45) is 0 Å². The standard InChI is InChI=1S/C26H30N2O5/c1-18-23(29)10-9-22-20(16-25(31)33-26(18)22)17-27-12-3-13-28(15-14-27)24(30)11-6-19-4-7-21(32-2)8-5-19/h4-5,7-10,16,29H,3,6,11-15,17H2,1-2H3. The predicted octanol–water partition coefficient (Wildman–Crippen LogP) is 3.48. The van der Waals surface area contributed by atoms with E-state index < -0.39 is 5.63 Å². The van der Waals surface area contributed by atoms with Gasteiger partial charge in [0.25, 0.3) is 0 Å². The number of aryl methyl sites for hydroxylation is 2. The fourth-order valence-electron chi connectivity index (χ4n) is 4.37. The lowest BCUT2D eigenvalue weighted by molar-refractivity contribution is -0.131. The summed E-state index contributed by atoms with van der Waals surface area (Å²) in [5.74, 6) is 1.10. The lowest BCUT2D eigenvalue weighted by atomic mass is 10.1. The minimum Gasteiger partial charge on any atom is -0.508 e. The largest absolute Gasteiger partial charge is 0.508 e. The van der Waals surface area contributed by atoms with Crippen LogP contribution in [-0.4, -0.2) is 54.1 Å². The topological polar surface area (TPSA) is 83.2 Å². The van der Waals surface area contributed by atoms with Gasteiger partial charge in [-0.2, -0.15) is 0 Å². The fourth-order valence-corrected chi connectivity index (χ4v) is 4.37. The van der Waals surface area contributed by atoms with Crippen LogP contribution in [0.25, 0.3) is 11.0 Å². The molecule has 7 nitrogen and oxygen atoms in total. The van der Waals surface area contributed by atoms with Crippen LogP contribution in [0, 0.1) is 6.92 Å². The minimum atomic E-state index is -0.420. The molecule has 1 saturated heterocycles. The monoisotopic (exact) mass is 450 g/mol. The maximum absolute atomic E-state index is 12.8. The SMILES string of the molecule is COc1ccc(CCC(=O)N2CCCN(Cc3cc(=O)oc4c(C)c(O)ccc34)CC2)cc1. The maximum Gasteiger partial charge on any atom is 0.336 e. The summed E-state index contributed by atoms with van der Waals surface area (Å²) in [6.45, 7) is 5.34. The molecule has 2 heterocycles. The molecule has 2 aromatic carbocycles. The molecule has 0 atom stereocenters. The summed E-state index contributed by atoms with van der Waals surface area (Å²) in [5, 5.41) is 10.8. The number of ether oxygens (including phenoxy) is 1. The molecule has 0 bridgehead atoms. The normalized spacial score (nSPS) is 14.9. The summed E-state index contributed by atoms with van der Waals surface area (Å²) >= 11 is 0. The van der Waals surface area contributed by atoms with E-state index in [0.29, 0.717) is 37.1 Å². The van der Waals surface area contributed by atoms with Crippen molar-refractivity contribution in [3.63, 3.8) is 0 Å². The maximum atomic E-state index is 12.8. The van der Waals surface area contributed by atoms with Gasteiger partial charge in [-0.1, -0.05) is 12.1 Å². The molecule has 3 aromatic rings. The van der Waals surface area contributed by atoms with E-state index in [1.54, 1.807) is 26.2 Å². The van der Waals surface area contributed by atoms with E-state index in [-0.39, 0.29) is 11.7 Å². The highest BCUT2D eigenvalue weighted by molar-refractivity contribution is 5.84. The molecule has 0 unspecified atom stereocenters. The van der Waals surface area contributed by atoms with Gasteiger partial charge in [-0.25, -0.2) is 4.79 Å². The molecule has 0 aliphatic carbocycles. The Morgan fingerprint density at radius 3 is 2.64 bits per heavy atom. The number of hydrogen-bond acceptors (Lipinski definition) is 6. The summed E-state index contributed by atoms with van der Waals surface area (Å²) in [7, 11) is 1.64. The molecule has 0 spiro atoms. The van der Waals surface area contributed by atoms with Crippen molar-refractivity contribution in [3.8, 4) is 11.5 Å². The van der Waals surface area contributed by atoms with E-state index in [4.69, 9.17) is 9.15 Å². The molecule has 7 heteroatoms. The third-order valence-electron chi connectivity index (χ3n) is 6.34. The summed E-state index contributed by atoms with van der Waals surface area (Å²) in [6, 6.07) is 12.8. The first-order valence-electron chi connectivity index (χ1n) is 11.3. The Morgan fingerprint density at radius 2 is 1.88 bits per heavy atom. The van der Waals surface area contributed by atoms with Crippen molar-refractivity contribution >= 4 is 16.9 Å². The van der Waals surface area contributed by atoms with Crippen molar-refractivity contribution in [1.29, 1.82) is 0 Å². The first-order valence-corrected chi connectivity index (χ1v) is 11.3. The molecule has 33 heavy (non-hydrogen) atoms. The Kier molecular flexibility index (Phi) is 6.99. The Morgan fingerprint density at radius 1 is 1.09 bits per heavy atom. The number of hydrogen-bond donors (Lipinski definition) is 1. The fraction of sp³-hybridized carbons (Fsp3) is 0.385. The summed E-state index contributed by atoms with van der Waals surface area (Å²) in [5.41, 5.74) is 2.58. The lowest BCUT2D eigenvalue weighted by Crippen LogP contribution is -2.35. The number of amides is 1. The van der Waals surface area contributed by atoms with Gasteiger partial charge in [0, 0.05) is 56.2 Å². The van der Waals surface area contributed by atoms with E-state index in [2.05, 4.69) is 4.90 Å². The average Bonchev–Trinajstić information content (AvgIpc) is 3.06. The second-order valence-corrected chi connectivity index (χ2v) is 8.54. The molecule has 4 rings (SSSR count). The highest BCUT2D eigenvalue weighted by Crippen LogP contribution is 2.28. The number of fused-ring (bicyclic) bond motifs is 1. The van der Waals surface area contributed by atoms with Crippen LogP contribution in [0.3, 0.4) is 0 Å². The number of phenolic OH excluding ortho intramolecular Hbond substituents is 1. The zero-order chi connectivity index (χ0) is 23.4. The number of phenols is 1. The van der Waals surface area contributed by atoms with Crippen LogP contribution in [0.4, 0.5) is 0 Å². The number of methoxy groups -OCH3 is 1. The highest BCUT2D eigenvalue weighted by Gasteiger charge is 2.20. The van der Waals surface area contributed by atoms with Crippen LogP contribution >= 0.6 is 0 Å². The second-order valence-electron chi connectivity index (χ2n) is 8.54. The minimum absolute atomic E-state index is 0.112. The molecule has 174 valence electrons. The number of benzene rings is 2. The summed E-state index contributed by atoms with van der Waals surface area (Å²) in [4.78, 5) is 29.1. The van der Waals surface area contributed by atoms with Gasteiger partial charge < -0.3 is 19.2 Å². The molecule has 1 aliphatic rings. The molecule has 1 N–H and O–H groups in total. The third-order valence-corrected chi connectivity index (χ3v) is 6.34. The van der Waals surface area contributed by atoms with Gasteiger partial charge in [-0.15, -0.1) is 0 Å². The van der Waals surface area contributed by atoms with Gasteiger partial charge in [0.15, 0.2) is 0 Å². The quantitative estimate of drug-likeness (QED) is 0.579. The molecule has 1 fully saturated rings. The predicted molar refractivity (Wildman–Crippen MR) is 127 cm³/mol. The van der Waals surface area contributed by atoms with Crippen LogP contribution in [0.15, 0.2) is 51.7 Å². The molecule has 1 aliphatic heterocycles. The Labute approximate surface area is 193 Å². The molecule has 0 radical (unpaired) electrons. The number of rotatable bonds is 6. The van der Waals surface area contributed by atoms with E-state index in [1.165, 1.54) is 6.07 Å². The molecular weight excluding hydrogens is 420 g/mol. The van der Waals surface area contributed by atoms with E-state index in [0.717, 1.165) is 48.3 Å². The zero-order valence-corrected chi connectivity index (χ0v) is 19.2. The number of nitrogens with zero attached hydrogens (tertiary/aromatic N) is 2.